The first kappa shape index (κ1) is 11.4. The van der Waals surface area contributed by atoms with Gasteiger partial charge in [0.2, 0.25) is 5.88 Å². The number of ether oxygens (including phenoxy) is 1. The Morgan fingerprint density at radius 1 is 1.24 bits per heavy atom. The van der Waals surface area contributed by atoms with Gasteiger partial charge in [-0.2, -0.15) is 5.10 Å². The lowest BCUT2D eigenvalue weighted by molar-refractivity contribution is 0.392. The molecule has 0 amide bonds. The molecular weight excluding hydrogens is 218 g/mol. The quantitative estimate of drug-likeness (QED) is 0.842. The van der Waals surface area contributed by atoms with Crippen LogP contribution in [0.3, 0.4) is 0 Å². The second-order valence-electron chi connectivity index (χ2n) is 3.83. The Hall–Kier alpha value is -2.11. The van der Waals surface area contributed by atoms with E-state index < -0.39 is 0 Å². The zero-order valence-electron chi connectivity index (χ0n) is 10.4. The van der Waals surface area contributed by atoms with Crippen LogP contribution in [0.1, 0.15) is 17.0 Å². The molecule has 0 spiro atoms. The molecule has 0 aliphatic rings. The van der Waals surface area contributed by atoms with Gasteiger partial charge in [0, 0.05) is 0 Å². The highest BCUT2D eigenvalue weighted by molar-refractivity contribution is 5.51. The molecule has 0 radical (unpaired) electrons. The highest BCUT2D eigenvalue weighted by Gasteiger charge is 2.15. The van der Waals surface area contributed by atoms with Crippen molar-refractivity contribution in [3.05, 3.63) is 23.3 Å². The Bertz CT molecular complexity index is 561. The molecule has 0 fully saturated rings. The fourth-order valence-electron chi connectivity index (χ4n) is 1.71. The van der Waals surface area contributed by atoms with Gasteiger partial charge in [0.25, 0.3) is 0 Å². The minimum absolute atomic E-state index is 0.543. The number of aromatic nitrogens is 4. The fraction of sp³-hybridized carbons (Fsp3) is 0.364. The summed E-state index contributed by atoms with van der Waals surface area (Å²) in [6, 6.07) is 0. The first-order valence-electron chi connectivity index (χ1n) is 5.24. The van der Waals surface area contributed by atoms with Crippen molar-refractivity contribution in [2.45, 2.75) is 20.8 Å². The summed E-state index contributed by atoms with van der Waals surface area (Å²) in [5.41, 5.74) is 9.08. The normalized spacial score (nSPS) is 10.6. The molecule has 2 aromatic rings. The molecule has 90 valence electrons. The molecule has 0 saturated carbocycles. The van der Waals surface area contributed by atoms with E-state index in [1.54, 1.807) is 11.8 Å². The zero-order valence-corrected chi connectivity index (χ0v) is 10.4. The molecule has 0 bridgehead atoms. The summed E-state index contributed by atoms with van der Waals surface area (Å²) < 4.78 is 6.87. The van der Waals surface area contributed by atoms with Gasteiger partial charge in [-0.1, -0.05) is 0 Å². The summed E-state index contributed by atoms with van der Waals surface area (Å²) in [6.45, 7) is 5.66. The van der Waals surface area contributed by atoms with Crippen LogP contribution < -0.4 is 10.5 Å². The average Bonchev–Trinajstić information content (AvgIpc) is 2.57. The minimum atomic E-state index is 0.543. The molecule has 0 atom stereocenters. The highest BCUT2D eigenvalue weighted by atomic mass is 16.5. The highest BCUT2D eigenvalue weighted by Crippen LogP contribution is 2.23. The molecular formula is C11H15N5O. The molecule has 0 saturated heterocycles. The van der Waals surface area contributed by atoms with Crippen LogP contribution in [0.2, 0.25) is 0 Å². The number of nitrogen functional groups attached to an aromatic ring is 1. The van der Waals surface area contributed by atoms with Gasteiger partial charge in [-0.25, -0.2) is 14.6 Å². The molecule has 0 aliphatic carbocycles. The number of hydrogen-bond acceptors (Lipinski definition) is 5. The Morgan fingerprint density at radius 3 is 2.47 bits per heavy atom. The minimum Gasteiger partial charge on any atom is -0.481 e. The predicted molar refractivity (Wildman–Crippen MR) is 64.3 cm³/mol. The second kappa shape index (κ2) is 4.04. The Morgan fingerprint density at radius 2 is 1.94 bits per heavy atom. The van der Waals surface area contributed by atoms with Crippen molar-refractivity contribution in [2.75, 3.05) is 12.8 Å². The lowest BCUT2D eigenvalue weighted by atomic mass is 10.3. The lowest BCUT2D eigenvalue weighted by Gasteiger charge is -2.09. The summed E-state index contributed by atoms with van der Waals surface area (Å²) in [4.78, 5) is 8.26. The van der Waals surface area contributed by atoms with Crippen LogP contribution in [-0.2, 0) is 0 Å². The van der Waals surface area contributed by atoms with E-state index >= 15 is 0 Å². The van der Waals surface area contributed by atoms with Crippen LogP contribution in [0.15, 0.2) is 6.33 Å². The van der Waals surface area contributed by atoms with Gasteiger partial charge in [-0.05, 0) is 20.8 Å². The smallest absolute Gasteiger partial charge is 0.221 e. The van der Waals surface area contributed by atoms with E-state index in [0.29, 0.717) is 17.4 Å². The molecule has 0 aromatic carbocycles. The second-order valence-corrected chi connectivity index (χ2v) is 3.83. The maximum Gasteiger partial charge on any atom is 0.221 e. The monoisotopic (exact) mass is 233 g/mol. The summed E-state index contributed by atoms with van der Waals surface area (Å²) in [6.07, 6.45) is 1.45. The van der Waals surface area contributed by atoms with Crippen molar-refractivity contribution in [3.8, 4) is 11.7 Å². The van der Waals surface area contributed by atoms with Crippen LogP contribution in [0.5, 0.6) is 5.88 Å². The van der Waals surface area contributed by atoms with Crippen molar-refractivity contribution >= 4 is 5.69 Å². The van der Waals surface area contributed by atoms with E-state index in [4.69, 9.17) is 10.5 Å². The number of hydrogen-bond donors (Lipinski definition) is 1. The summed E-state index contributed by atoms with van der Waals surface area (Å²) >= 11 is 0. The molecule has 0 unspecified atom stereocenters. The van der Waals surface area contributed by atoms with Crippen LogP contribution >= 0.6 is 0 Å². The van der Waals surface area contributed by atoms with Gasteiger partial charge in [0.1, 0.15) is 6.33 Å². The van der Waals surface area contributed by atoms with Crippen LogP contribution in [-0.4, -0.2) is 26.9 Å². The average molecular weight is 233 g/mol. The number of aryl methyl sites for hydroxylation is 1. The van der Waals surface area contributed by atoms with Crippen molar-refractivity contribution in [3.63, 3.8) is 0 Å². The largest absolute Gasteiger partial charge is 0.481 e. The number of rotatable bonds is 2. The molecule has 2 N–H and O–H groups in total. The molecule has 6 heteroatoms. The summed E-state index contributed by atoms with van der Waals surface area (Å²) in [7, 11) is 1.58. The summed E-state index contributed by atoms with van der Waals surface area (Å²) in [5, 5.41) is 4.36. The Kier molecular flexibility index (Phi) is 2.71. The zero-order chi connectivity index (χ0) is 12.6. The van der Waals surface area contributed by atoms with Crippen molar-refractivity contribution < 1.29 is 4.74 Å². The molecule has 2 heterocycles. The first-order valence-corrected chi connectivity index (χ1v) is 5.24. The molecule has 0 aliphatic heterocycles. The van der Waals surface area contributed by atoms with Crippen molar-refractivity contribution in [1.29, 1.82) is 0 Å². The molecule has 2 aromatic heterocycles. The number of anilines is 1. The molecule has 2 rings (SSSR count). The third kappa shape index (κ3) is 1.71. The Balaban J connectivity index is 2.64. The lowest BCUT2D eigenvalue weighted by Crippen LogP contribution is -2.07. The van der Waals surface area contributed by atoms with Gasteiger partial charge in [-0.3, -0.25) is 0 Å². The third-order valence-electron chi connectivity index (χ3n) is 2.75. The van der Waals surface area contributed by atoms with Gasteiger partial charge in [0.05, 0.1) is 29.7 Å². The van der Waals surface area contributed by atoms with Crippen LogP contribution in [0, 0.1) is 20.8 Å². The number of nitrogens with zero attached hydrogens (tertiary/aromatic N) is 4. The van der Waals surface area contributed by atoms with E-state index in [0.717, 1.165) is 17.0 Å². The Labute approximate surface area is 99.4 Å². The van der Waals surface area contributed by atoms with Gasteiger partial charge in [-0.15, -0.1) is 0 Å². The molecule has 6 nitrogen and oxygen atoms in total. The SMILES string of the molecule is COc1ncnc(-n2nc(C)c(N)c2C)c1C. The van der Waals surface area contributed by atoms with Gasteiger partial charge < -0.3 is 10.5 Å². The predicted octanol–water partition coefficient (Wildman–Crippen LogP) is 1.18. The van der Waals surface area contributed by atoms with E-state index in [1.165, 1.54) is 6.33 Å². The maximum absolute atomic E-state index is 5.90. The maximum atomic E-state index is 5.90. The molecule has 17 heavy (non-hydrogen) atoms. The first-order chi connectivity index (χ1) is 8.06. The van der Waals surface area contributed by atoms with Gasteiger partial charge in [0.15, 0.2) is 5.82 Å². The van der Waals surface area contributed by atoms with Crippen LogP contribution in [0.25, 0.3) is 5.82 Å². The van der Waals surface area contributed by atoms with E-state index in [1.807, 2.05) is 20.8 Å². The van der Waals surface area contributed by atoms with Crippen molar-refractivity contribution in [2.24, 2.45) is 0 Å². The van der Waals surface area contributed by atoms with Crippen LogP contribution in [0.4, 0.5) is 5.69 Å². The van der Waals surface area contributed by atoms with Gasteiger partial charge >= 0.3 is 0 Å². The fourth-order valence-corrected chi connectivity index (χ4v) is 1.71. The number of nitrogens with two attached hydrogens (primary N) is 1. The van der Waals surface area contributed by atoms with E-state index in [9.17, 15) is 0 Å². The van der Waals surface area contributed by atoms with E-state index in [-0.39, 0.29) is 0 Å². The standard InChI is InChI=1S/C11H15N5O/c1-6-10(13-5-14-11(6)17-4)16-8(3)9(12)7(2)15-16/h5H,12H2,1-4H3. The topological polar surface area (TPSA) is 78.9 Å². The third-order valence-corrected chi connectivity index (χ3v) is 2.75. The number of methoxy groups -OCH3 is 1. The summed E-state index contributed by atoms with van der Waals surface area (Å²) in [5.74, 6) is 1.23. The van der Waals surface area contributed by atoms with Crippen molar-refractivity contribution in [1.82, 2.24) is 19.7 Å². The van der Waals surface area contributed by atoms with E-state index in [2.05, 4.69) is 15.1 Å².